The summed E-state index contributed by atoms with van der Waals surface area (Å²) < 4.78 is 0.790. The Hall–Kier alpha value is -1.04. The fraction of sp³-hybridized carbons (Fsp3) is 0.0833. The SMILES string of the molecule is Cc1sc(C(=O)Nc2ccc(Br)c(Cl)c2)cc1N. The molecule has 1 heterocycles. The average Bonchev–Trinajstić information content (AvgIpc) is 2.65. The van der Waals surface area contributed by atoms with Crippen molar-refractivity contribution in [2.45, 2.75) is 6.92 Å². The maximum atomic E-state index is 12.0. The summed E-state index contributed by atoms with van der Waals surface area (Å²) in [5.41, 5.74) is 7.01. The van der Waals surface area contributed by atoms with E-state index in [-0.39, 0.29) is 5.91 Å². The first-order valence-electron chi connectivity index (χ1n) is 5.09. The molecule has 1 aromatic heterocycles. The zero-order chi connectivity index (χ0) is 13.3. The fourth-order valence-electron chi connectivity index (χ4n) is 1.37. The van der Waals surface area contributed by atoms with Gasteiger partial charge < -0.3 is 11.1 Å². The molecule has 0 saturated heterocycles. The number of aryl methyl sites for hydroxylation is 1. The van der Waals surface area contributed by atoms with Crippen molar-refractivity contribution in [1.82, 2.24) is 0 Å². The van der Waals surface area contributed by atoms with Crippen molar-refractivity contribution in [3.8, 4) is 0 Å². The van der Waals surface area contributed by atoms with Gasteiger partial charge in [-0.15, -0.1) is 11.3 Å². The molecule has 0 atom stereocenters. The zero-order valence-electron chi connectivity index (χ0n) is 9.46. The molecule has 1 amide bonds. The molecule has 2 rings (SSSR count). The van der Waals surface area contributed by atoms with Gasteiger partial charge in [0.05, 0.1) is 9.90 Å². The van der Waals surface area contributed by atoms with Crippen LogP contribution >= 0.6 is 38.9 Å². The number of nitrogens with one attached hydrogen (secondary N) is 1. The number of amides is 1. The first-order chi connectivity index (χ1) is 8.47. The molecule has 0 radical (unpaired) electrons. The highest BCUT2D eigenvalue weighted by atomic mass is 79.9. The summed E-state index contributed by atoms with van der Waals surface area (Å²) >= 11 is 10.6. The van der Waals surface area contributed by atoms with Crippen LogP contribution in [0.1, 0.15) is 14.5 Å². The van der Waals surface area contributed by atoms with Gasteiger partial charge in [0, 0.05) is 20.7 Å². The topological polar surface area (TPSA) is 55.1 Å². The number of nitrogen functional groups attached to an aromatic ring is 1. The lowest BCUT2D eigenvalue weighted by Gasteiger charge is -2.04. The van der Waals surface area contributed by atoms with E-state index in [2.05, 4.69) is 21.2 Å². The molecule has 0 spiro atoms. The standard InChI is InChI=1S/C12H10BrClN2OS/c1-6-10(15)5-11(18-6)12(17)16-7-2-3-8(13)9(14)4-7/h2-5H,15H2,1H3,(H,16,17). The third-order valence-electron chi connectivity index (χ3n) is 2.36. The summed E-state index contributed by atoms with van der Waals surface area (Å²) in [6.07, 6.45) is 0. The number of carbonyl (C=O) groups is 1. The maximum Gasteiger partial charge on any atom is 0.265 e. The Kier molecular flexibility index (Phi) is 3.94. The van der Waals surface area contributed by atoms with Gasteiger partial charge in [-0.05, 0) is 47.1 Å². The zero-order valence-corrected chi connectivity index (χ0v) is 12.6. The summed E-state index contributed by atoms with van der Waals surface area (Å²) in [7, 11) is 0. The Morgan fingerprint density at radius 2 is 2.17 bits per heavy atom. The molecule has 94 valence electrons. The number of nitrogens with two attached hydrogens (primary N) is 1. The number of carbonyl (C=O) groups excluding carboxylic acids is 1. The Labute approximate surface area is 122 Å². The van der Waals surface area contributed by atoms with Crippen molar-refractivity contribution in [3.63, 3.8) is 0 Å². The van der Waals surface area contributed by atoms with E-state index < -0.39 is 0 Å². The van der Waals surface area contributed by atoms with Gasteiger partial charge in [-0.2, -0.15) is 0 Å². The van der Waals surface area contributed by atoms with Crippen molar-refractivity contribution in [1.29, 1.82) is 0 Å². The lowest BCUT2D eigenvalue weighted by Crippen LogP contribution is -2.10. The van der Waals surface area contributed by atoms with E-state index in [1.54, 1.807) is 24.3 Å². The number of hydrogen-bond acceptors (Lipinski definition) is 3. The second-order valence-corrected chi connectivity index (χ2v) is 6.22. The molecule has 1 aromatic carbocycles. The molecule has 0 bridgehead atoms. The van der Waals surface area contributed by atoms with E-state index in [9.17, 15) is 4.79 Å². The van der Waals surface area contributed by atoms with Gasteiger partial charge >= 0.3 is 0 Å². The van der Waals surface area contributed by atoms with Gasteiger partial charge in [0.25, 0.3) is 5.91 Å². The second kappa shape index (κ2) is 5.30. The number of halogens is 2. The van der Waals surface area contributed by atoms with E-state index in [1.165, 1.54) is 11.3 Å². The van der Waals surface area contributed by atoms with Gasteiger partial charge in [0.2, 0.25) is 0 Å². The minimum absolute atomic E-state index is 0.182. The average molecular weight is 346 g/mol. The first-order valence-corrected chi connectivity index (χ1v) is 7.08. The van der Waals surface area contributed by atoms with Gasteiger partial charge in [-0.1, -0.05) is 11.6 Å². The molecule has 3 N–H and O–H groups in total. The van der Waals surface area contributed by atoms with Gasteiger partial charge in [0.15, 0.2) is 0 Å². The molecule has 0 aliphatic carbocycles. The van der Waals surface area contributed by atoms with Crippen LogP contribution in [-0.4, -0.2) is 5.91 Å². The van der Waals surface area contributed by atoms with Crippen LogP contribution < -0.4 is 11.1 Å². The van der Waals surface area contributed by atoms with Crippen LogP contribution in [0.5, 0.6) is 0 Å². The van der Waals surface area contributed by atoms with E-state index in [1.807, 2.05) is 6.92 Å². The van der Waals surface area contributed by atoms with Crippen LogP contribution in [0, 0.1) is 6.92 Å². The van der Waals surface area contributed by atoms with Crippen LogP contribution in [0.15, 0.2) is 28.7 Å². The lowest BCUT2D eigenvalue weighted by atomic mass is 10.3. The van der Waals surface area contributed by atoms with Crippen molar-refractivity contribution >= 4 is 56.1 Å². The minimum Gasteiger partial charge on any atom is -0.398 e. The first kappa shape index (κ1) is 13.4. The number of thiophene rings is 1. The van der Waals surface area contributed by atoms with E-state index in [0.717, 1.165) is 9.35 Å². The Balaban J connectivity index is 2.18. The Bertz CT molecular complexity index is 593. The van der Waals surface area contributed by atoms with E-state index >= 15 is 0 Å². The summed E-state index contributed by atoms with van der Waals surface area (Å²) in [4.78, 5) is 13.5. The molecule has 0 aliphatic rings. The van der Waals surface area contributed by atoms with Gasteiger partial charge in [0.1, 0.15) is 0 Å². The highest BCUT2D eigenvalue weighted by Gasteiger charge is 2.11. The summed E-state index contributed by atoms with van der Waals surface area (Å²) in [5.74, 6) is -0.182. The van der Waals surface area contributed by atoms with Crippen LogP contribution in [0.2, 0.25) is 5.02 Å². The third-order valence-corrected chi connectivity index (χ3v) is 4.65. The van der Waals surface area contributed by atoms with Crippen molar-refractivity contribution in [2.75, 3.05) is 11.1 Å². The Morgan fingerprint density at radius 3 is 2.72 bits per heavy atom. The molecule has 0 aliphatic heterocycles. The molecule has 18 heavy (non-hydrogen) atoms. The minimum atomic E-state index is -0.182. The highest BCUT2D eigenvalue weighted by Crippen LogP contribution is 2.27. The molecule has 3 nitrogen and oxygen atoms in total. The van der Waals surface area contributed by atoms with Gasteiger partial charge in [-0.3, -0.25) is 4.79 Å². The Morgan fingerprint density at radius 1 is 1.44 bits per heavy atom. The second-order valence-electron chi connectivity index (χ2n) is 3.71. The van der Waals surface area contributed by atoms with Crippen molar-refractivity contribution in [2.24, 2.45) is 0 Å². The molecule has 0 fully saturated rings. The third kappa shape index (κ3) is 2.85. The quantitative estimate of drug-likeness (QED) is 0.852. The molecule has 0 saturated carbocycles. The predicted molar refractivity (Wildman–Crippen MR) is 80.6 cm³/mol. The van der Waals surface area contributed by atoms with Gasteiger partial charge in [-0.25, -0.2) is 0 Å². The lowest BCUT2D eigenvalue weighted by molar-refractivity contribution is 0.103. The van der Waals surface area contributed by atoms with Crippen molar-refractivity contribution < 1.29 is 4.79 Å². The molecule has 6 heteroatoms. The monoisotopic (exact) mass is 344 g/mol. The summed E-state index contributed by atoms with van der Waals surface area (Å²) in [6.45, 7) is 1.88. The molecular weight excluding hydrogens is 336 g/mol. The van der Waals surface area contributed by atoms with Crippen LogP contribution in [0.25, 0.3) is 0 Å². The number of hydrogen-bond donors (Lipinski definition) is 2. The molecular formula is C12H10BrClN2OS. The van der Waals surface area contributed by atoms with Crippen LogP contribution in [0.4, 0.5) is 11.4 Å². The molecule has 0 unspecified atom stereocenters. The highest BCUT2D eigenvalue weighted by molar-refractivity contribution is 9.10. The predicted octanol–water partition coefficient (Wildman–Crippen LogP) is 4.31. The number of benzene rings is 1. The summed E-state index contributed by atoms with van der Waals surface area (Å²) in [5, 5.41) is 3.33. The largest absolute Gasteiger partial charge is 0.398 e. The van der Waals surface area contributed by atoms with Crippen LogP contribution in [-0.2, 0) is 0 Å². The number of anilines is 2. The van der Waals surface area contributed by atoms with Crippen molar-refractivity contribution in [3.05, 3.63) is 43.5 Å². The normalized spacial score (nSPS) is 10.4. The summed E-state index contributed by atoms with van der Waals surface area (Å²) in [6, 6.07) is 6.92. The fourth-order valence-corrected chi connectivity index (χ4v) is 2.64. The van der Waals surface area contributed by atoms with E-state index in [0.29, 0.717) is 21.3 Å². The number of rotatable bonds is 2. The smallest absolute Gasteiger partial charge is 0.265 e. The molecule has 2 aromatic rings. The maximum absolute atomic E-state index is 12.0. The van der Waals surface area contributed by atoms with Crippen LogP contribution in [0.3, 0.4) is 0 Å². The van der Waals surface area contributed by atoms with E-state index in [4.69, 9.17) is 17.3 Å².